The second-order valence-electron chi connectivity index (χ2n) is 4.03. The van der Waals surface area contributed by atoms with Gasteiger partial charge in [0.2, 0.25) is 11.9 Å². The molecule has 1 amide bonds. The minimum atomic E-state index is -0.297. The van der Waals surface area contributed by atoms with E-state index in [9.17, 15) is 4.79 Å². The molecule has 98 valence electrons. The summed E-state index contributed by atoms with van der Waals surface area (Å²) in [5, 5.41) is 3.03. The standard InChI is InChI=1S/C11H15BrN4OS/c1-8(10(17)16-2-4-18-5-3-16)15-11-13-6-9(12)7-14-11/h6-8H,2-5H2,1H3,(H,13,14,15)/t8-/m1/s1. The van der Waals surface area contributed by atoms with Gasteiger partial charge in [0.05, 0.1) is 4.47 Å². The van der Waals surface area contributed by atoms with Crippen LogP contribution in [0, 0.1) is 0 Å². The molecule has 1 aliphatic rings. The van der Waals surface area contributed by atoms with Crippen LogP contribution in [-0.4, -0.2) is 51.4 Å². The predicted octanol–water partition coefficient (Wildman–Crippen LogP) is 1.61. The highest BCUT2D eigenvalue weighted by Crippen LogP contribution is 2.12. The van der Waals surface area contributed by atoms with Crippen molar-refractivity contribution >= 4 is 39.5 Å². The predicted molar refractivity (Wildman–Crippen MR) is 76.7 cm³/mol. The molecule has 1 aromatic rings. The van der Waals surface area contributed by atoms with Gasteiger partial charge in [0.1, 0.15) is 6.04 Å². The zero-order valence-electron chi connectivity index (χ0n) is 10.1. The van der Waals surface area contributed by atoms with Crippen molar-refractivity contribution in [1.82, 2.24) is 14.9 Å². The Morgan fingerprint density at radius 3 is 2.67 bits per heavy atom. The maximum atomic E-state index is 12.2. The lowest BCUT2D eigenvalue weighted by Crippen LogP contribution is -2.45. The van der Waals surface area contributed by atoms with E-state index in [4.69, 9.17) is 0 Å². The number of nitrogens with zero attached hydrogens (tertiary/aromatic N) is 3. The van der Waals surface area contributed by atoms with Crippen LogP contribution < -0.4 is 5.32 Å². The van der Waals surface area contributed by atoms with E-state index in [1.165, 1.54) is 0 Å². The van der Waals surface area contributed by atoms with Crippen molar-refractivity contribution in [3.63, 3.8) is 0 Å². The van der Waals surface area contributed by atoms with Crippen molar-refractivity contribution in [3.8, 4) is 0 Å². The molecule has 1 atom stereocenters. The van der Waals surface area contributed by atoms with Crippen LogP contribution in [0.2, 0.25) is 0 Å². The van der Waals surface area contributed by atoms with Crippen LogP contribution in [0.4, 0.5) is 5.95 Å². The Morgan fingerprint density at radius 2 is 2.06 bits per heavy atom. The van der Waals surface area contributed by atoms with E-state index in [1.54, 1.807) is 12.4 Å². The van der Waals surface area contributed by atoms with Gasteiger partial charge >= 0.3 is 0 Å². The van der Waals surface area contributed by atoms with Gasteiger partial charge in [0.25, 0.3) is 0 Å². The molecule has 1 N–H and O–H groups in total. The molecular formula is C11H15BrN4OS. The summed E-state index contributed by atoms with van der Waals surface area (Å²) in [6.07, 6.45) is 3.31. The molecule has 0 radical (unpaired) electrons. The van der Waals surface area contributed by atoms with E-state index >= 15 is 0 Å². The minimum Gasteiger partial charge on any atom is -0.343 e. The normalized spacial score (nSPS) is 17.3. The van der Waals surface area contributed by atoms with Crippen LogP contribution in [0.5, 0.6) is 0 Å². The molecule has 0 spiro atoms. The lowest BCUT2D eigenvalue weighted by Gasteiger charge is -2.29. The molecular weight excluding hydrogens is 316 g/mol. The zero-order valence-corrected chi connectivity index (χ0v) is 12.5. The Hall–Kier alpha value is -0.820. The van der Waals surface area contributed by atoms with E-state index in [0.29, 0.717) is 5.95 Å². The van der Waals surface area contributed by atoms with Crippen molar-refractivity contribution < 1.29 is 4.79 Å². The van der Waals surface area contributed by atoms with Gasteiger partial charge in [-0.1, -0.05) is 0 Å². The Kier molecular flexibility index (Phi) is 4.82. The van der Waals surface area contributed by atoms with Crippen molar-refractivity contribution in [2.24, 2.45) is 0 Å². The number of amides is 1. The third-order valence-corrected chi connectivity index (χ3v) is 4.01. The number of aromatic nitrogens is 2. The van der Waals surface area contributed by atoms with Crippen LogP contribution in [0.3, 0.4) is 0 Å². The molecule has 0 unspecified atom stereocenters. The second kappa shape index (κ2) is 6.38. The Labute approximate surface area is 119 Å². The summed E-state index contributed by atoms with van der Waals surface area (Å²) in [7, 11) is 0. The van der Waals surface area contributed by atoms with Gasteiger partial charge in [-0.2, -0.15) is 11.8 Å². The zero-order chi connectivity index (χ0) is 13.0. The molecule has 0 saturated carbocycles. The number of anilines is 1. The smallest absolute Gasteiger partial charge is 0.244 e. The average molecular weight is 331 g/mol. The third kappa shape index (κ3) is 3.58. The van der Waals surface area contributed by atoms with Crippen LogP contribution in [0.15, 0.2) is 16.9 Å². The van der Waals surface area contributed by atoms with Gasteiger partial charge < -0.3 is 10.2 Å². The Balaban J connectivity index is 1.92. The number of hydrogen-bond acceptors (Lipinski definition) is 5. The third-order valence-electron chi connectivity index (χ3n) is 2.66. The number of rotatable bonds is 3. The quantitative estimate of drug-likeness (QED) is 0.912. The summed E-state index contributed by atoms with van der Waals surface area (Å²) in [6.45, 7) is 3.50. The lowest BCUT2D eigenvalue weighted by molar-refractivity contribution is -0.131. The number of nitrogens with one attached hydrogen (secondary N) is 1. The topological polar surface area (TPSA) is 58.1 Å². The van der Waals surface area contributed by atoms with Crippen molar-refractivity contribution in [2.75, 3.05) is 29.9 Å². The minimum absolute atomic E-state index is 0.113. The SMILES string of the molecule is C[C@@H](Nc1ncc(Br)cn1)C(=O)N1CCSCC1. The molecule has 5 nitrogen and oxygen atoms in total. The largest absolute Gasteiger partial charge is 0.343 e. The fourth-order valence-corrected chi connectivity index (χ4v) is 2.81. The number of halogens is 1. The average Bonchev–Trinajstić information content (AvgIpc) is 2.41. The van der Waals surface area contributed by atoms with Crippen molar-refractivity contribution in [1.29, 1.82) is 0 Å². The maximum absolute atomic E-state index is 12.2. The van der Waals surface area contributed by atoms with E-state index < -0.39 is 0 Å². The Bertz CT molecular complexity index is 408. The highest BCUT2D eigenvalue weighted by atomic mass is 79.9. The molecule has 1 aromatic heterocycles. The first-order chi connectivity index (χ1) is 8.66. The summed E-state index contributed by atoms with van der Waals surface area (Å²) in [6, 6.07) is -0.297. The number of carbonyl (C=O) groups is 1. The Morgan fingerprint density at radius 1 is 1.44 bits per heavy atom. The first-order valence-corrected chi connectivity index (χ1v) is 7.72. The second-order valence-corrected chi connectivity index (χ2v) is 6.17. The van der Waals surface area contributed by atoms with Gasteiger partial charge in [-0.05, 0) is 22.9 Å². The number of thioether (sulfide) groups is 1. The lowest BCUT2D eigenvalue weighted by atomic mass is 10.3. The van der Waals surface area contributed by atoms with Gasteiger partial charge in [-0.15, -0.1) is 0 Å². The summed E-state index contributed by atoms with van der Waals surface area (Å²) in [5.41, 5.74) is 0. The van der Waals surface area contributed by atoms with Crippen LogP contribution in [0.1, 0.15) is 6.92 Å². The highest BCUT2D eigenvalue weighted by Gasteiger charge is 2.22. The summed E-state index contributed by atoms with van der Waals surface area (Å²) < 4.78 is 0.820. The molecule has 18 heavy (non-hydrogen) atoms. The number of hydrogen-bond donors (Lipinski definition) is 1. The van der Waals surface area contributed by atoms with Crippen LogP contribution in [0.25, 0.3) is 0 Å². The van der Waals surface area contributed by atoms with Crippen LogP contribution >= 0.6 is 27.7 Å². The molecule has 1 aliphatic heterocycles. The van der Waals surface area contributed by atoms with Crippen molar-refractivity contribution in [3.05, 3.63) is 16.9 Å². The molecule has 0 bridgehead atoms. The fraction of sp³-hybridized carbons (Fsp3) is 0.545. The van der Waals surface area contributed by atoms with E-state index in [2.05, 4.69) is 31.2 Å². The molecule has 0 aromatic carbocycles. The molecule has 7 heteroatoms. The molecule has 2 rings (SSSR count). The van der Waals surface area contributed by atoms with Gasteiger partial charge in [0.15, 0.2) is 0 Å². The molecule has 2 heterocycles. The van der Waals surface area contributed by atoms with E-state index in [1.807, 2.05) is 23.6 Å². The highest BCUT2D eigenvalue weighted by molar-refractivity contribution is 9.10. The molecule has 1 saturated heterocycles. The van der Waals surface area contributed by atoms with E-state index in [-0.39, 0.29) is 11.9 Å². The van der Waals surface area contributed by atoms with Crippen molar-refractivity contribution in [2.45, 2.75) is 13.0 Å². The van der Waals surface area contributed by atoms with Gasteiger partial charge in [-0.25, -0.2) is 9.97 Å². The maximum Gasteiger partial charge on any atom is 0.244 e. The van der Waals surface area contributed by atoms with E-state index in [0.717, 1.165) is 29.1 Å². The summed E-state index contributed by atoms with van der Waals surface area (Å²) in [4.78, 5) is 22.3. The number of carbonyl (C=O) groups excluding carboxylic acids is 1. The van der Waals surface area contributed by atoms with Gasteiger partial charge in [-0.3, -0.25) is 4.79 Å². The first-order valence-electron chi connectivity index (χ1n) is 5.77. The molecule has 0 aliphatic carbocycles. The van der Waals surface area contributed by atoms with Gasteiger partial charge in [0, 0.05) is 37.0 Å². The molecule has 1 fully saturated rings. The fourth-order valence-electron chi connectivity index (χ4n) is 1.70. The monoisotopic (exact) mass is 330 g/mol. The van der Waals surface area contributed by atoms with Crippen LogP contribution in [-0.2, 0) is 4.79 Å². The summed E-state index contributed by atoms with van der Waals surface area (Å²) in [5.74, 6) is 2.63. The first kappa shape index (κ1) is 13.6. The summed E-state index contributed by atoms with van der Waals surface area (Å²) >= 11 is 5.16.